The van der Waals surface area contributed by atoms with Gasteiger partial charge < -0.3 is 14.9 Å². The molecule has 0 radical (unpaired) electrons. The van der Waals surface area contributed by atoms with Crippen LogP contribution in [0, 0.1) is 25.7 Å². The van der Waals surface area contributed by atoms with Crippen molar-refractivity contribution in [1.82, 2.24) is 20.2 Å². The molecule has 1 N–H and O–H groups in total. The summed E-state index contributed by atoms with van der Waals surface area (Å²) < 4.78 is 81.8. The summed E-state index contributed by atoms with van der Waals surface area (Å²) in [6.45, 7) is 7.12. The van der Waals surface area contributed by atoms with Crippen molar-refractivity contribution in [3.8, 4) is 0 Å². The summed E-state index contributed by atoms with van der Waals surface area (Å²) in [6, 6.07) is 5.59. The molecule has 0 spiro atoms. The van der Waals surface area contributed by atoms with E-state index in [9.17, 15) is 31.1 Å². The highest BCUT2D eigenvalue weighted by atomic mass is 19.4. The molecular formula is C31H38F6N6O2. The van der Waals surface area contributed by atoms with Crippen molar-refractivity contribution in [1.29, 1.82) is 0 Å². The van der Waals surface area contributed by atoms with Crippen molar-refractivity contribution >= 4 is 17.6 Å². The van der Waals surface area contributed by atoms with Crippen molar-refractivity contribution in [2.24, 2.45) is 18.9 Å². The Balaban J connectivity index is 1.67. The third-order valence-corrected chi connectivity index (χ3v) is 8.49. The maximum Gasteiger partial charge on any atom is 0.416 e. The lowest BCUT2D eigenvalue weighted by Crippen LogP contribution is -2.33. The molecule has 0 atom stereocenters. The van der Waals surface area contributed by atoms with Crippen LogP contribution in [0.5, 0.6) is 0 Å². The van der Waals surface area contributed by atoms with Crippen LogP contribution in [0.15, 0.2) is 30.3 Å². The van der Waals surface area contributed by atoms with Gasteiger partial charge in [0.1, 0.15) is 0 Å². The topological polar surface area (TPSA) is 87.4 Å². The van der Waals surface area contributed by atoms with E-state index in [1.165, 1.54) is 16.7 Å². The number of aromatic nitrogens is 4. The zero-order chi connectivity index (χ0) is 33.1. The van der Waals surface area contributed by atoms with E-state index in [-0.39, 0.29) is 43.0 Å². The van der Waals surface area contributed by atoms with Gasteiger partial charge in [-0.1, -0.05) is 11.2 Å². The summed E-state index contributed by atoms with van der Waals surface area (Å²) in [7, 11) is 1.52. The Labute approximate surface area is 258 Å². The highest BCUT2D eigenvalue weighted by Gasteiger charge is 2.37. The van der Waals surface area contributed by atoms with Gasteiger partial charge in [0, 0.05) is 38.3 Å². The molecule has 0 amide bonds. The zero-order valence-electron chi connectivity index (χ0n) is 25.7. The molecule has 8 nitrogen and oxygen atoms in total. The number of nitrogens with zero attached hydrogens (tertiary/aromatic N) is 6. The van der Waals surface area contributed by atoms with Crippen molar-refractivity contribution in [2.75, 3.05) is 22.9 Å². The Hall–Kier alpha value is -3.84. The first-order valence-corrected chi connectivity index (χ1v) is 14.9. The van der Waals surface area contributed by atoms with Gasteiger partial charge in [-0.05, 0) is 110 Å². The van der Waals surface area contributed by atoms with E-state index >= 15 is 0 Å². The number of hydrogen-bond donors (Lipinski definition) is 1. The number of alkyl halides is 6. The Morgan fingerprint density at radius 3 is 1.98 bits per heavy atom. The van der Waals surface area contributed by atoms with Crippen LogP contribution in [-0.4, -0.2) is 44.4 Å². The molecule has 0 unspecified atom stereocenters. The summed E-state index contributed by atoms with van der Waals surface area (Å²) in [5.74, 6) is -0.191. The number of tetrazole rings is 1. The van der Waals surface area contributed by atoms with Crippen LogP contribution in [-0.2, 0) is 37.3 Å². The number of rotatable bonds is 11. The lowest BCUT2D eigenvalue weighted by molar-refractivity contribution is -0.143. The summed E-state index contributed by atoms with van der Waals surface area (Å²) in [4.78, 5) is 16.1. The number of carboxylic acid groups (broad SMARTS) is 1. The van der Waals surface area contributed by atoms with Gasteiger partial charge in [0.2, 0.25) is 0 Å². The van der Waals surface area contributed by atoms with Crippen LogP contribution in [0.3, 0.4) is 0 Å². The Morgan fingerprint density at radius 1 is 0.889 bits per heavy atom. The fourth-order valence-corrected chi connectivity index (χ4v) is 5.99. The summed E-state index contributed by atoms with van der Waals surface area (Å²) in [5.41, 5.74) is 0.763. The normalized spacial score (nSPS) is 17.4. The number of aliphatic carboxylic acids is 1. The molecule has 0 saturated heterocycles. The van der Waals surface area contributed by atoms with Crippen LogP contribution < -0.4 is 9.80 Å². The van der Waals surface area contributed by atoms with Gasteiger partial charge in [0.05, 0.1) is 18.2 Å². The highest BCUT2D eigenvalue weighted by molar-refractivity contribution is 5.67. The number of anilines is 2. The number of aryl methyl sites for hydroxylation is 3. The fourth-order valence-electron chi connectivity index (χ4n) is 5.99. The monoisotopic (exact) mass is 640 g/mol. The van der Waals surface area contributed by atoms with Gasteiger partial charge in [-0.2, -0.15) is 31.1 Å². The molecule has 0 aliphatic heterocycles. The molecule has 45 heavy (non-hydrogen) atoms. The molecule has 3 aromatic rings. The van der Waals surface area contributed by atoms with Gasteiger partial charge in [0.25, 0.3) is 5.95 Å². The van der Waals surface area contributed by atoms with Crippen LogP contribution in [0.2, 0.25) is 0 Å². The Bertz CT molecular complexity index is 1450. The SMILES string of the molecule is CCN(CC1CCC(CC(=O)O)CC1)c1cc(C)c(C)cc1CN(Cc1cc(C(F)(F)F)cc(C(F)(F)F)c1)c1nnn(C)n1. The van der Waals surface area contributed by atoms with Gasteiger partial charge in [-0.3, -0.25) is 4.79 Å². The second-order valence-corrected chi connectivity index (χ2v) is 11.9. The Kier molecular flexibility index (Phi) is 10.3. The van der Waals surface area contributed by atoms with Crippen molar-refractivity contribution in [3.05, 3.63) is 63.7 Å². The molecule has 1 aliphatic rings. The van der Waals surface area contributed by atoms with Crippen molar-refractivity contribution < 1.29 is 36.2 Å². The average molecular weight is 641 g/mol. The first kappa shape index (κ1) is 34.0. The molecular weight excluding hydrogens is 602 g/mol. The van der Waals surface area contributed by atoms with Crippen molar-refractivity contribution in [2.45, 2.75) is 78.3 Å². The van der Waals surface area contributed by atoms with E-state index in [2.05, 4.69) is 26.4 Å². The van der Waals surface area contributed by atoms with Gasteiger partial charge in [0.15, 0.2) is 0 Å². The molecule has 1 aromatic heterocycles. The first-order chi connectivity index (χ1) is 21.0. The van der Waals surface area contributed by atoms with Gasteiger partial charge in [-0.25, -0.2) is 0 Å². The molecule has 1 aliphatic carbocycles. The number of carboxylic acids is 1. The fraction of sp³-hybridized carbons (Fsp3) is 0.548. The minimum absolute atomic E-state index is 0.0625. The predicted molar refractivity (Wildman–Crippen MR) is 157 cm³/mol. The van der Waals surface area contributed by atoms with Gasteiger partial charge >= 0.3 is 18.3 Å². The molecule has 2 aromatic carbocycles. The largest absolute Gasteiger partial charge is 0.481 e. The standard InChI is InChI=1S/C31H38F6N6O2/c1-5-42(16-22-8-6-21(7-9-22)14-28(44)45)27-11-20(3)19(2)10-24(27)18-43(29-38-40-41(4)39-29)17-23-12-25(30(32,33)34)15-26(13-23)31(35,36)37/h10-13,15,21-22H,5-9,14,16-18H2,1-4H3,(H,44,45). The zero-order valence-corrected chi connectivity index (χ0v) is 25.7. The number of hydrogen-bond acceptors (Lipinski definition) is 6. The average Bonchev–Trinajstić information content (AvgIpc) is 3.39. The van der Waals surface area contributed by atoms with Crippen LogP contribution >= 0.6 is 0 Å². The highest BCUT2D eigenvalue weighted by Crippen LogP contribution is 2.38. The second-order valence-electron chi connectivity index (χ2n) is 11.9. The third-order valence-electron chi connectivity index (χ3n) is 8.49. The van der Waals surface area contributed by atoms with Crippen LogP contribution in [0.25, 0.3) is 0 Å². The van der Waals surface area contributed by atoms with E-state index in [0.29, 0.717) is 12.5 Å². The molecule has 0 bridgehead atoms. The maximum absolute atomic E-state index is 13.6. The van der Waals surface area contributed by atoms with Crippen molar-refractivity contribution in [3.63, 3.8) is 0 Å². The quantitative estimate of drug-likeness (QED) is 0.222. The molecule has 1 saturated carbocycles. The maximum atomic E-state index is 13.6. The molecule has 4 rings (SSSR count). The molecule has 246 valence electrons. The van der Waals surface area contributed by atoms with E-state index in [1.807, 2.05) is 26.8 Å². The van der Waals surface area contributed by atoms with E-state index in [4.69, 9.17) is 5.11 Å². The minimum Gasteiger partial charge on any atom is -0.481 e. The molecule has 14 heteroatoms. The number of halogens is 6. The summed E-state index contributed by atoms with van der Waals surface area (Å²) in [5, 5.41) is 21.3. The summed E-state index contributed by atoms with van der Waals surface area (Å²) >= 11 is 0. The number of carbonyl (C=O) groups is 1. The smallest absolute Gasteiger partial charge is 0.416 e. The summed E-state index contributed by atoms with van der Waals surface area (Å²) in [6.07, 6.45) is -6.27. The minimum atomic E-state index is -4.97. The second kappa shape index (κ2) is 13.7. The van der Waals surface area contributed by atoms with Crippen LogP contribution in [0.4, 0.5) is 38.0 Å². The third kappa shape index (κ3) is 8.88. The lowest BCUT2D eigenvalue weighted by Gasteiger charge is -2.35. The van der Waals surface area contributed by atoms with Gasteiger partial charge in [-0.15, -0.1) is 5.10 Å². The first-order valence-electron chi connectivity index (χ1n) is 14.9. The molecule has 1 fully saturated rings. The lowest BCUT2D eigenvalue weighted by atomic mass is 9.80. The van der Waals surface area contributed by atoms with Crippen LogP contribution in [0.1, 0.15) is 72.4 Å². The predicted octanol–water partition coefficient (Wildman–Crippen LogP) is 7.18. The van der Waals surface area contributed by atoms with E-state index in [1.54, 1.807) is 0 Å². The Morgan fingerprint density at radius 2 is 1.47 bits per heavy atom. The number of benzene rings is 2. The van der Waals surface area contributed by atoms with E-state index < -0.39 is 29.4 Å². The molecule has 1 heterocycles. The van der Waals surface area contributed by atoms with E-state index in [0.717, 1.165) is 66.7 Å².